The van der Waals surface area contributed by atoms with E-state index in [1.807, 2.05) is 0 Å². The molecule has 0 saturated carbocycles. The van der Waals surface area contributed by atoms with Crippen molar-refractivity contribution in [3.05, 3.63) is 29.6 Å². The van der Waals surface area contributed by atoms with Gasteiger partial charge in [0, 0.05) is 13.0 Å². The fourth-order valence-corrected chi connectivity index (χ4v) is 2.60. The van der Waals surface area contributed by atoms with Gasteiger partial charge in [-0.2, -0.15) is 0 Å². The number of morpholine rings is 1. The van der Waals surface area contributed by atoms with Gasteiger partial charge in [0.05, 0.1) is 19.8 Å². The van der Waals surface area contributed by atoms with Crippen molar-refractivity contribution in [1.82, 2.24) is 4.90 Å². The first-order chi connectivity index (χ1) is 10.9. The van der Waals surface area contributed by atoms with Crippen LogP contribution in [0.4, 0.5) is 4.39 Å². The van der Waals surface area contributed by atoms with Gasteiger partial charge in [-0.05, 0) is 25.0 Å². The first-order valence-corrected chi connectivity index (χ1v) is 7.39. The molecule has 0 bridgehead atoms. The number of ether oxygens (including phenoxy) is 2. The fraction of sp³-hybridized carbons (Fsp3) is 0.500. The second-order valence-electron chi connectivity index (χ2n) is 5.51. The fourth-order valence-electron chi connectivity index (χ4n) is 2.60. The molecule has 7 heteroatoms. The van der Waals surface area contributed by atoms with Crippen LogP contribution in [-0.2, 0) is 20.7 Å². The number of nitrogens with zero attached hydrogens (tertiary/aromatic N) is 1. The number of amides is 1. The van der Waals surface area contributed by atoms with Crippen LogP contribution in [-0.4, -0.2) is 54.3 Å². The number of methoxy groups -OCH3 is 1. The molecule has 1 heterocycles. The van der Waals surface area contributed by atoms with E-state index in [1.165, 1.54) is 18.1 Å². The first-order valence-electron chi connectivity index (χ1n) is 7.39. The Kier molecular flexibility index (Phi) is 5.54. The summed E-state index contributed by atoms with van der Waals surface area (Å²) in [5.74, 6) is -1.63. The van der Waals surface area contributed by atoms with Crippen LogP contribution in [0.25, 0.3) is 0 Å². The molecule has 126 valence electrons. The third-order valence-electron chi connectivity index (χ3n) is 3.76. The molecule has 0 spiro atoms. The number of hydrogen-bond acceptors (Lipinski definition) is 4. The number of carbonyl (C=O) groups is 2. The average Bonchev–Trinajstić information content (AvgIpc) is 2.53. The molecule has 1 saturated heterocycles. The van der Waals surface area contributed by atoms with Crippen LogP contribution in [0.2, 0.25) is 0 Å². The molecule has 1 amide bonds. The van der Waals surface area contributed by atoms with Crippen LogP contribution in [0.3, 0.4) is 0 Å². The molecule has 6 nitrogen and oxygen atoms in total. The van der Waals surface area contributed by atoms with Crippen molar-refractivity contribution < 1.29 is 28.6 Å². The lowest BCUT2D eigenvalue weighted by Gasteiger charge is -2.35. The lowest BCUT2D eigenvalue weighted by molar-refractivity contribution is -0.166. The van der Waals surface area contributed by atoms with E-state index in [9.17, 15) is 14.0 Å². The summed E-state index contributed by atoms with van der Waals surface area (Å²) < 4.78 is 24.2. The number of aliphatic carboxylic acids is 1. The summed E-state index contributed by atoms with van der Waals surface area (Å²) >= 11 is 0. The maximum Gasteiger partial charge on any atom is 0.334 e. The standard InChI is InChI=1S/C16H20FNO5/c1-10-8-18(9-13(23-10)16(20)21)14(19)7-6-11-4-3-5-12(22-2)15(11)17/h3-5,10,13H,6-9H2,1-2H3,(H,20,21)/t10-,13?/m1/s1. The zero-order valence-electron chi connectivity index (χ0n) is 13.1. The van der Waals surface area contributed by atoms with E-state index in [0.29, 0.717) is 12.1 Å². The Morgan fingerprint density at radius 3 is 2.83 bits per heavy atom. The molecule has 1 aliphatic heterocycles. The molecule has 0 aliphatic carbocycles. The zero-order chi connectivity index (χ0) is 17.0. The highest BCUT2D eigenvalue weighted by molar-refractivity contribution is 5.79. The Morgan fingerprint density at radius 2 is 2.17 bits per heavy atom. The quantitative estimate of drug-likeness (QED) is 0.887. The number of carboxylic acid groups (broad SMARTS) is 1. The number of hydrogen-bond donors (Lipinski definition) is 1. The normalized spacial score (nSPS) is 21.1. The summed E-state index contributed by atoms with van der Waals surface area (Å²) in [7, 11) is 1.38. The molecule has 2 atom stereocenters. The van der Waals surface area contributed by atoms with Gasteiger partial charge < -0.3 is 19.5 Å². The summed E-state index contributed by atoms with van der Waals surface area (Å²) in [6, 6.07) is 4.79. The SMILES string of the molecule is COc1cccc(CCC(=O)N2CC(C(=O)O)O[C@H](C)C2)c1F. The van der Waals surface area contributed by atoms with E-state index in [2.05, 4.69) is 0 Å². The summed E-state index contributed by atoms with van der Waals surface area (Å²) in [4.78, 5) is 24.8. The van der Waals surface area contributed by atoms with Crippen LogP contribution < -0.4 is 4.74 Å². The summed E-state index contributed by atoms with van der Waals surface area (Å²) in [5.41, 5.74) is 0.397. The molecule has 1 aliphatic rings. The molecule has 1 N–H and O–H groups in total. The topological polar surface area (TPSA) is 76.1 Å². The van der Waals surface area contributed by atoms with Crippen molar-refractivity contribution in [1.29, 1.82) is 0 Å². The number of rotatable bonds is 5. The van der Waals surface area contributed by atoms with Crippen LogP contribution in [0.1, 0.15) is 18.9 Å². The number of benzene rings is 1. The lowest BCUT2D eigenvalue weighted by Crippen LogP contribution is -2.51. The Morgan fingerprint density at radius 1 is 1.43 bits per heavy atom. The van der Waals surface area contributed by atoms with Gasteiger partial charge >= 0.3 is 5.97 Å². The van der Waals surface area contributed by atoms with Crippen molar-refractivity contribution in [2.45, 2.75) is 32.0 Å². The van der Waals surface area contributed by atoms with Crippen molar-refractivity contribution in [3.8, 4) is 5.75 Å². The number of carbonyl (C=O) groups excluding carboxylic acids is 1. The third-order valence-corrected chi connectivity index (χ3v) is 3.76. The van der Waals surface area contributed by atoms with E-state index in [4.69, 9.17) is 14.6 Å². The van der Waals surface area contributed by atoms with E-state index >= 15 is 0 Å². The highest BCUT2D eigenvalue weighted by Crippen LogP contribution is 2.21. The Labute approximate surface area is 133 Å². The van der Waals surface area contributed by atoms with Crippen molar-refractivity contribution in [2.24, 2.45) is 0 Å². The van der Waals surface area contributed by atoms with Crippen LogP contribution in [0, 0.1) is 5.82 Å². The largest absolute Gasteiger partial charge is 0.494 e. The predicted octanol–water partition coefficient (Wildman–Crippen LogP) is 1.47. The number of halogens is 1. The summed E-state index contributed by atoms with van der Waals surface area (Å²) in [5, 5.41) is 9.03. The third kappa shape index (κ3) is 4.19. The van der Waals surface area contributed by atoms with Crippen LogP contribution >= 0.6 is 0 Å². The molecular formula is C16H20FNO5. The molecule has 1 unspecified atom stereocenters. The Bertz CT molecular complexity index is 592. The lowest BCUT2D eigenvalue weighted by atomic mass is 10.1. The van der Waals surface area contributed by atoms with Crippen molar-refractivity contribution >= 4 is 11.9 Å². The molecule has 1 aromatic rings. The van der Waals surface area contributed by atoms with E-state index in [1.54, 1.807) is 19.1 Å². The monoisotopic (exact) mass is 325 g/mol. The van der Waals surface area contributed by atoms with E-state index in [0.717, 1.165) is 0 Å². The Hall–Kier alpha value is -2.15. The van der Waals surface area contributed by atoms with Gasteiger partial charge in [-0.25, -0.2) is 9.18 Å². The van der Waals surface area contributed by atoms with Gasteiger partial charge in [0.25, 0.3) is 0 Å². The zero-order valence-corrected chi connectivity index (χ0v) is 13.1. The van der Waals surface area contributed by atoms with Gasteiger partial charge in [0.2, 0.25) is 5.91 Å². The van der Waals surface area contributed by atoms with Gasteiger partial charge in [-0.15, -0.1) is 0 Å². The van der Waals surface area contributed by atoms with Crippen molar-refractivity contribution in [2.75, 3.05) is 20.2 Å². The molecule has 1 aromatic carbocycles. The molecular weight excluding hydrogens is 305 g/mol. The smallest absolute Gasteiger partial charge is 0.334 e. The molecule has 0 radical (unpaired) electrons. The minimum Gasteiger partial charge on any atom is -0.494 e. The molecule has 1 fully saturated rings. The first kappa shape index (κ1) is 17.2. The van der Waals surface area contributed by atoms with Crippen LogP contribution in [0.15, 0.2) is 18.2 Å². The summed E-state index contributed by atoms with van der Waals surface area (Å²) in [6.07, 6.45) is -1.03. The summed E-state index contributed by atoms with van der Waals surface area (Å²) in [6.45, 7) is 2.07. The minimum atomic E-state index is -1.09. The highest BCUT2D eigenvalue weighted by atomic mass is 19.1. The second kappa shape index (κ2) is 7.41. The maximum atomic E-state index is 14.0. The average molecular weight is 325 g/mol. The maximum absolute atomic E-state index is 14.0. The predicted molar refractivity (Wildman–Crippen MR) is 79.8 cm³/mol. The highest BCUT2D eigenvalue weighted by Gasteiger charge is 2.32. The van der Waals surface area contributed by atoms with Crippen LogP contribution in [0.5, 0.6) is 5.75 Å². The molecule has 2 rings (SSSR count). The van der Waals surface area contributed by atoms with Gasteiger partial charge in [-0.3, -0.25) is 4.79 Å². The van der Waals surface area contributed by atoms with Gasteiger partial charge in [0.1, 0.15) is 0 Å². The number of carboxylic acids is 1. The molecule has 23 heavy (non-hydrogen) atoms. The van der Waals surface area contributed by atoms with Gasteiger partial charge in [-0.1, -0.05) is 12.1 Å². The van der Waals surface area contributed by atoms with E-state index < -0.39 is 17.9 Å². The number of aryl methyl sites for hydroxylation is 1. The molecule has 0 aromatic heterocycles. The van der Waals surface area contributed by atoms with E-state index in [-0.39, 0.29) is 37.1 Å². The minimum absolute atomic E-state index is 0.0130. The Balaban J connectivity index is 1.98. The van der Waals surface area contributed by atoms with Gasteiger partial charge in [0.15, 0.2) is 17.7 Å². The van der Waals surface area contributed by atoms with Crippen molar-refractivity contribution in [3.63, 3.8) is 0 Å². The second-order valence-corrected chi connectivity index (χ2v) is 5.51.